The lowest BCUT2D eigenvalue weighted by Gasteiger charge is -2.25. The minimum atomic E-state index is -4.13. The van der Waals surface area contributed by atoms with E-state index in [0.29, 0.717) is 35.8 Å². The molecule has 4 N–H and O–H groups in total. The van der Waals surface area contributed by atoms with Crippen LogP contribution in [-0.2, 0) is 30.0 Å². The van der Waals surface area contributed by atoms with Gasteiger partial charge >= 0.3 is 13.7 Å². The molecule has 2 aliphatic rings. The maximum atomic E-state index is 14.3. The highest BCUT2D eigenvalue weighted by Crippen LogP contribution is 2.48. The summed E-state index contributed by atoms with van der Waals surface area (Å²) in [7, 11) is -4.13. The molecule has 13 heteroatoms. The van der Waals surface area contributed by atoms with Gasteiger partial charge in [-0.3, -0.25) is 13.9 Å². The van der Waals surface area contributed by atoms with Crippen LogP contribution in [0.2, 0.25) is 0 Å². The van der Waals surface area contributed by atoms with Crippen molar-refractivity contribution in [1.29, 1.82) is 0 Å². The number of aliphatic imine (C=N–C) groups is 1. The summed E-state index contributed by atoms with van der Waals surface area (Å²) in [5, 5.41) is 7.29. The normalized spacial score (nSPS) is 19.8. The first-order chi connectivity index (χ1) is 21.3. The zero-order valence-corrected chi connectivity index (χ0v) is 25.0. The van der Waals surface area contributed by atoms with Crippen molar-refractivity contribution >= 4 is 42.0 Å². The molecule has 228 valence electrons. The molecular weight excluding hydrogens is 583 g/mol. The van der Waals surface area contributed by atoms with E-state index in [-0.39, 0.29) is 25.4 Å². The Kier molecular flexibility index (Phi) is 8.49. The fourth-order valence-electron chi connectivity index (χ4n) is 5.08. The minimum absolute atomic E-state index is 0.0616. The van der Waals surface area contributed by atoms with Gasteiger partial charge in [-0.1, -0.05) is 73.3 Å². The Morgan fingerprint density at radius 3 is 2.77 bits per heavy atom. The van der Waals surface area contributed by atoms with Gasteiger partial charge in [0.15, 0.2) is 11.8 Å². The quantitative estimate of drug-likeness (QED) is 0.152. The molecule has 3 heterocycles. The van der Waals surface area contributed by atoms with E-state index >= 15 is 0 Å². The number of rotatable bonds is 11. The SMILES string of the molecule is C=C1NC(N)=Nc2c1ncn2[C@H]1CC[C@@H](COP(=O)(N[C@@H](C)C(=O)OCc2ccccc2)Oc2cccc3ccccc23)O1. The first-order valence-electron chi connectivity index (χ1n) is 14.2. The lowest BCUT2D eigenvalue weighted by atomic mass is 10.1. The molecule has 3 aromatic carbocycles. The summed E-state index contributed by atoms with van der Waals surface area (Å²) < 4.78 is 39.8. The van der Waals surface area contributed by atoms with E-state index in [1.54, 1.807) is 30.0 Å². The molecule has 0 saturated carbocycles. The monoisotopic (exact) mass is 616 g/mol. The van der Waals surface area contributed by atoms with Crippen molar-refractivity contribution in [1.82, 2.24) is 20.0 Å². The van der Waals surface area contributed by atoms with Crippen molar-refractivity contribution in [3.63, 3.8) is 0 Å². The number of hydrogen-bond donors (Lipinski definition) is 3. The summed E-state index contributed by atoms with van der Waals surface area (Å²) in [6.07, 6.45) is 2.07. The molecule has 1 unspecified atom stereocenters. The summed E-state index contributed by atoms with van der Waals surface area (Å²) in [6.45, 7) is 5.51. The van der Waals surface area contributed by atoms with Crippen LogP contribution in [0, 0.1) is 0 Å². The number of imidazole rings is 1. The Morgan fingerprint density at radius 2 is 1.93 bits per heavy atom. The van der Waals surface area contributed by atoms with E-state index in [4.69, 9.17) is 24.3 Å². The average Bonchev–Trinajstić information content (AvgIpc) is 3.67. The topological polar surface area (TPSA) is 151 Å². The smallest absolute Gasteiger partial charge is 0.459 e. The third kappa shape index (κ3) is 6.53. The molecule has 1 fully saturated rings. The molecule has 44 heavy (non-hydrogen) atoms. The van der Waals surface area contributed by atoms with Gasteiger partial charge in [-0.25, -0.2) is 9.55 Å². The number of carbonyl (C=O) groups is 1. The summed E-state index contributed by atoms with van der Waals surface area (Å²) in [4.78, 5) is 21.6. The molecule has 4 atom stereocenters. The van der Waals surface area contributed by atoms with Gasteiger partial charge in [0.25, 0.3) is 0 Å². The number of aromatic nitrogens is 2. The van der Waals surface area contributed by atoms with Crippen molar-refractivity contribution < 1.29 is 27.9 Å². The number of esters is 1. The summed E-state index contributed by atoms with van der Waals surface area (Å²) >= 11 is 0. The van der Waals surface area contributed by atoms with Crippen LogP contribution in [-0.4, -0.2) is 40.2 Å². The van der Waals surface area contributed by atoms with Gasteiger partial charge in [-0.05, 0) is 36.8 Å². The minimum Gasteiger partial charge on any atom is -0.460 e. The van der Waals surface area contributed by atoms with E-state index in [2.05, 4.69) is 27.0 Å². The van der Waals surface area contributed by atoms with Gasteiger partial charge in [0.2, 0.25) is 0 Å². The fraction of sp³-hybridized carbons (Fsp3) is 0.258. The maximum absolute atomic E-state index is 14.3. The lowest BCUT2D eigenvalue weighted by Crippen LogP contribution is -2.35. The molecule has 0 aliphatic carbocycles. The molecule has 1 saturated heterocycles. The van der Waals surface area contributed by atoms with Gasteiger partial charge < -0.3 is 25.0 Å². The predicted molar refractivity (Wildman–Crippen MR) is 166 cm³/mol. The Balaban J connectivity index is 1.16. The number of nitrogens with zero attached hydrogens (tertiary/aromatic N) is 3. The number of guanidine groups is 1. The summed E-state index contributed by atoms with van der Waals surface area (Å²) in [6, 6.07) is 21.3. The zero-order valence-electron chi connectivity index (χ0n) is 24.1. The Morgan fingerprint density at radius 1 is 1.16 bits per heavy atom. The molecule has 0 radical (unpaired) electrons. The highest BCUT2D eigenvalue weighted by Gasteiger charge is 2.36. The van der Waals surface area contributed by atoms with Gasteiger partial charge in [0.1, 0.15) is 30.3 Å². The highest BCUT2D eigenvalue weighted by molar-refractivity contribution is 7.52. The van der Waals surface area contributed by atoms with Gasteiger partial charge in [0.05, 0.1) is 24.7 Å². The van der Waals surface area contributed by atoms with Crippen LogP contribution in [0.1, 0.15) is 37.3 Å². The first-order valence-corrected chi connectivity index (χ1v) is 15.8. The Hall–Kier alpha value is -4.48. The molecule has 12 nitrogen and oxygen atoms in total. The average molecular weight is 617 g/mol. The van der Waals surface area contributed by atoms with Gasteiger partial charge in [-0.15, -0.1) is 0 Å². The maximum Gasteiger partial charge on any atom is 0.459 e. The Bertz CT molecular complexity index is 1750. The molecular formula is C31H33N6O6P. The number of benzene rings is 3. The van der Waals surface area contributed by atoms with E-state index in [1.807, 2.05) is 60.7 Å². The van der Waals surface area contributed by atoms with Crippen LogP contribution in [0.15, 0.2) is 90.7 Å². The van der Waals surface area contributed by atoms with Crippen LogP contribution in [0.4, 0.5) is 5.82 Å². The second-order valence-electron chi connectivity index (χ2n) is 10.5. The standard InChI is InChI=1S/C31H33N6O6P/c1-20-28-29(35-31(32)34-20)37(19-33-28)27-16-15-24(42-27)18-41-44(39,43-26-14-8-12-23-11-6-7-13-25(23)26)36-21(2)30(38)40-17-22-9-4-3-5-10-22/h3-14,19,21,24,27H,1,15-18H2,2H3,(H,36,39)(H3,32,34,35)/t21-,24-,27+,44?/m0/s1. The number of ether oxygens (including phenoxy) is 2. The molecule has 4 aromatic rings. The van der Waals surface area contributed by atoms with Crippen LogP contribution < -0.4 is 20.7 Å². The molecule has 0 bridgehead atoms. The third-order valence-corrected chi connectivity index (χ3v) is 8.91. The molecule has 0 spiro atoms. The predicted octanol–water partition coefficient (Wildman–Crippen LogP) is 5.16. The van der Waals surface area contributed by atoms with E-state index in [0.717, 1.165) is 16.3 Å². The summed E-state index contributed by atoms with van der Waals surface area (Å²) in [5.41, 5.74) is 7.87. The second kappa shape index (κ2) is 12.6. The van der Waals surface area contributed by atoms with Crippen molar-refractivity contribution in [2.75, 3.05) is 6.61 Å². The number of nitrogens with two attached hydrogens (primary N) is 1. The number of nitrogens with one attached hydrogen (secondary N) is 2. The van der Waals surface area contributed by atoms with E-state index in [9.17, 15) is 9.36 Å². The molecule has 6 rings (SSSR count). The van der Waals surface area contributed by atoms with Crippen molar-refractivity contribution in [3.05, 3.63) is 97.0 Å². The highest BCUT2D eigenvalue weighted by atomic mass is 31.2. The number of fused-ring (bicyclic) bond motifs is 2. The van der Waals surface area contributed by atoms with Crippen LogP contribution in [0.5, 0.6) is 5.75 Å². The third-order valence-electron chi connectivity index (χ3n) is 7.28. The Labute approximate surface area is 254 Å². The van der Waals surface area contributed by atoms with E-state index < -0.39 is 25.9 Å². The largest absolute Gasteiger partial charge is 0.460 e. The van der Waals surface area contributed by atoms with Crippen LogP contribution >= 0.6 is 7.75 Å². The number of hydrogen-bond acceptors (Lipinski definition) is 10. The molecule has 0 amide bonds. The van der Waals surface area contributed by atoms with E-state index in [1.165, 1.54) is 0 Å². The van der Waals surface area contributed by atoms with Gasteiger partial charge in [0, 0.05) is 5.39 Å². The number of carbonyl (C=O) groups excluding carboxylic acids is 1. The van der Waals surface area contributed by atoms with Crippen molar-refractivity contribution in [3.8, 4) is 5.75 Å². The fourth-order valence-corrected chi connectivity index (χ4v) is 6.62. The van der Waals surface area contributed by atoms with Gasteiger partial charge in [-0.2, -0.15) is 10.1 Å². The molecule has 2 aliphatic heterocycles. The van der Waals surface area contributed by atoms with Crippen LogP contribution in [0.3, 0.4) is 0 Å². The zero-order chi connectivity index (χ0) is 30.7. The van der Waals surface area contributed by atoms with Crippen molar-refractivity contribution in [2.24, 2.45) is 10.7 Å². The second-order valence-corrected chi connectivity index (χ2v) is 12.2. The van der Waals surface area contributed by atoms with Crippen molar-refractivity contribution in [2.45, 2.75) is 44.7 Å². The summed E-state index contributed by atoms with van der Waals surface area (Å²) in [5.74, 6) is 0.518. The lowest BCUT2D eigenvalue weighted by molar-refractivity contribution is -0.146. The first kappa shape index (κ1) is 29.6. The van der Waals surface area contributed by atoms with Crippen LogP contribution in [0.25, 0.3) is 16.5 Å². The molecule has 1 aromatic heterocycles.